The molecule has 2 N–H and O–H groups in total. The molecule has 0 aliphatic carbocycles. The minimum absolute atomic E-state index is 0.139. The van der Waals surface area contributed by atoms with Crippen LogP contribution in [0.3, 0.4) is 0 Å². The van der Waals surface area contributed by atoms with Crippen LogP contribution >= 0.6 is 0 Å². The molecule has 66 valence electrons. The summed E-state index contributed by atoms with van der Waals surface area (Å²) in [6.45, 7) is 3.79. The van der Waals surface area contributed by atoms with E-state index in [-0.39, 0.29) is 11.8 Å². The van der Waals surface area contributed by atoms with Gasteiger partial charge in [0.1, 0.15) is 0 Å². The van der Waals surface area contributed by atoms with E-state index in [4.69, 9.17) is 5.73 Å². The van der Waals surface area contributed by atoms with Gasteiger partial charge in [-0.05, 0) is 5.92 Å². The van der Waals surface area contributed by atoms with E-state index in [0.717, 1.165) is 5.06 Å². The van der Waals surface area contributed by atoms with Crippen molar-refractivity contribution < 1.29 is 9.63 Å². The minimum atomic E-state index is -0.472. The number of carbonyl (C=O) groups excluding carboxylic acids is 1. The van der Waals surface area contributed by atoms with Gasteiger partial charge in [0.25, 0.3) is 5.91 Å². The molecule has 1 amide bonds. The van der Waals surface area contributed by atoms with Crippen molar-refractivity contribution in [1.82, 2.24) is 5.06 Å². The normalized spacial score (nSPS) is 13.3. The molecule has 4 nitrogen and oxygen atoms in total. The fourth-order valence-corrected chi connectivity index (χ4v) is 0.585. The highest BCUT2D eigenvalue weighted by Crippen LogP contribution is 2.01. The van der Waals surface area contributed by atoms with Crippen LogP contribution in [0.1, 0.15) is 13.8 Å². The zero-order chi connectivity index (χ0) is 9.02. The summed E-state index contributed by atoms with van der Waals surface area (Å²) in [7, 11) is 2.98. The zero-order valence-electron chi connectivity index (χ0n) is 7.50. The van der Waals surface area contributed by atoms with Crippen LogP contribution in [0, 0.1) is 5.92 Å². The number of hydrogen-bond acceptors (Lipinski definition) is 3. The monoisotopic (exact) mass is 160 g/mol. The Morgan fingerprint density at radius 3 is 2.27 bits per heavy atom. The Balaban J connectivity index is 4.02. The molecule has 11 heavy (non-hydrogen) atoms. The second kappa shape index (κ2) is 4.31. The first-order valence-electron chi connectivity index (χ1n) is 3.58. The second-order valence-corrected chi connectivity index (χ2v) is 2.79. The summed E-state index contributed by atoms with van der Waals surface area (Å²) in [4.78, 5) is 15.9. The average molecular weight is 160 g/mol. The molecule has 0 spiro atoms. The lowest BCUT2D eigenvalue weighted by molar-refractivity contribution is -0.171. The predicted molar refractivity (Wildman–Crippen MR) is 42.6 cm³/mol. The number of hydrogen-bond donors (Lipinski definition) is 1. The van der Waals surface area contributed by atoms with Crippen molar-refractivity contribution in [3.63, 3.8) is 0 Å². The van der Waals surface area contributed by atoms with Crippen LogP contribution in [0.4, 0.5) is 0 Å². The molecule has 0 aromatic rings. The Bertz CT molecular complexity index is 136. The van der Waals surface area contributed by atoms with Gasteiger partial charge in [-0.15, -0.1) is 0 Å². The Kier molecular flexibility index (Phi) is 4.07. The molecule has 0 radical (unpaired) electrons. The maximum atomic E-state index is 11.2. The number of likely N-dealkylation sites (N-methyl/N-ethyl adjacent to an activating group) is 1. The Morgan fingerprint density at radius 2 is 2.00 bits per heavy atom. The third-order valence-corrected chi connectivity index (χ3v) is 1.59. The third kappa shape index (κ3) is 2.86. The molecular formula is C7H16N2O2. The molecule has 0 rings (SSSR count). The molecule has 1 atom stereocenters. The Hall–Kier alpha value is -0.610. The van der Waals surface area contributed by atoms with E-state index in [9.17, 15) is 4.79 Å². The van der Waals surface area contributed by atoms with E-state index in [1.165, 1.54) is 7.11 Å². The number of amides is 1. The Labute approximate surface area is 67.3 Å². The number of nitrogens with zero attached hydrogens (tertiary/aromatic N) is 1. The summed E-state index contributed by atoms with van der Waals surface area (Å²) in [6.07, 6.45) is 0. The average Bonchev–Trinajstić information content (AvgIpc) is 2.00. The van der Waals surface area contributed by atoms with Crippen molar-refractivity contribution >= 4 is 5.91 Å². The lowest BCUT2D eigenvalue weighted by atomic mass is 10.1. The molecule has 0 saturated carbocycles. The van der Waals surface area contributed by atoms with Crippen LogP contribution in [0.25, 0.3) is 0 Å². The molecule has 0 aromatic heterocycles. The quantitative estimate of drug-likeness (QED) is 0.591. The van der Waals surface area contributed by atoms with Crippen LogP contribution in [0.15, 0.2) is 0 Å². The van der Waals surface area contributed by atoms with Crippen LogP contribution in [0.5, 0.6) is 0 Å². The van der Waals surface area contributed by atoms with Gasteiger partial charge in [0.2, 0.25) is 0 Å². The van der Waals surface area contributed by atoms with Crippen molar-refractivity contribution in [3.8, 4) is 0 Å². The first kappa shape index (κ1) is 10.4. The fraction of sp³-hybridized carbons (Fsp3) is 0.857. The van der Waals surface area contributed by atoms with Gasteiger partial charge in [-0.1, -0.05) is 13.8 Å². The summed E-state index contributed by atoms with van der Waals surface area (Å²) >= 11 is 0. The fourth-order valence-electron chi connectivity index (χ4n) is 0.585. The van der Waals surface area contributed by atoms with Crippen molar-refractivity contribution in [2.24, 2.45) is 11.7 Å². The van der Waals surface area contributed by atoms with Crippen LogP contribution in [-0.4, -0.2) is 31.2 Å². The molecule has 0 bridgehead atoms. The van der Waals surface area contributed by atoms with Gasteiger partial charge in [-0.3, -0.25) is 9.63 Å². The molecular weight excluding hydrogens is 144 g/mol. The second-order valence-electron chi connectivity index (χ2n) is 2.79. The van der Waals surface area contributed by atoms with E-state index in [1.54, 1.807) is 7.05 Å². The predicted octanol–water partition coefficient (Wildman–Crippen LogP) is -0.0105. The molecule has 0 fully saturated rings. The van der Waals surface area contributed by atoms with Crippen molar-refractivity contribution in [2.75, 3.05) is 14.2 Å². The van der Waals surface area contributed by atoms with Gasteiger partial charge < -0.3 is 5.73 Å². The molecule has 0 aromatic carbocycles. The summed E-state index contributed by atoms with van der Waals surface area (Å²) in [5, 5.41) is 1.14. The molecule has 0 aliphatic heterocycles. The molecule has 0 unspecified atom stereocenters. The van der Waals surface area contributed by atoms with Crippen molar-refractivity contribution in [3.05, 3.63) is 0 Å². The first-order chi connectivity index (χ1) is 5.00. The van der Waals surface area contributed by atoms with Crippen molar-refractivity contribution in [2.45, 2.75) is 19.9 Å². The molecule has 4 heteroatoms. The summed E-state index contributed by atoms with van der Waals surface area (Å²) < 4.78 is 0. The molecule has 0 aliphatic rings. The van der Waals surface area contributed by atoms with E-state index in [2.05, 4.69) is 4.84 Å². The highest BCUT2D eigenvalue weighted by atomic mass is 16.7. The molecule has 0 heterocycles. The van der Waals surface area contributed by atoms with Crippen molar-refractivity contribution in [1.29, 1.82) is 0 Å². The maximum Gasteiger partial charge on any atom is 0.262 e. The maximum absolute atomic E-state index is 11.2. The Morgan fingerprint density at radius 1 is 1.55 bits per heavy atom. The third-order valence-electron chi connectivity index (χ3n) is 1.59. The van der Waals surface area contributed by atoms with Gasteiger partial charge >= 0.3 is 0 Å². The van der Waals surface area contributed by atoms with Crippen LogP contribution in [0.2, 0.25) is 0 Å². The van der Waals surface area contributed by atoms with Gasteiger partial charge in [-0.2, -0.15) is 0 Å². The first-order valence-corrected chi connectivity index (χ1v) is 3.58. The topological polar surface area (TPSA) is 55.6 Å². The van der Waals surface area contributed by atoms with E-state index in [1.807, 2.05) is 13.8 Å². The van der Waals surface area contributed by atoms with Gasteiger partial charge in [0.15, 0.2) is 0 Å². The SMILES string of the molecule is CON(C)C(=O)[C@H](N)C(C)C. The van der Waals surface area contributed by atoms with Gasteiger partial charge in [-0.25, -0.2) is 5.06 Å². The molecule has 0 saturated heterocycles. The van der Waals surface area contributed by atoms with E-state index >= 15 is 0 Å². The minimum Gasteiger partial charge on any atom is -0.320 e. The number of carbonyl (C=O) groups is 1. The number of rotatable bonds is 3. The summed E-state index contributed by atoms with van der Waals surface area (Å²) in [5.74, 6) is -0.0531. The highest BCUT2D eigenvalue weighted by Gasteiger charge is 2.20. The lowest BCUT2D eigenvalue weighted by Gasteiger charge is -2.20. The van der Waals surface area contributed by atoms with Crippen LogP contribution in [-0.2, 0) is 9.63 Å². The van der Waals surface area contributed by atoms with Crippen LogP contribution < -0.4 is 5.73 Å². The van der Waals surface area contributed by atoms with Gasteiger partial charge in [0, 0.05) is 7.05 Å². The smallest absolute Gasteiger partial charge is 0.262 e. The standard InChI is InChI=1S/C7H16N2O2/c1-5(2)6(8)7(10)9(3)11-4/h5-6H,8H2,1-4H3/t6-/m1/s1. The van der Waals surface area contributed by atoms with E-state index < -0.39 is 6.04 Å². The highest BCUT2D eigenvalue weighted by molar-refractivity contribution is 5.80. The largest absolute Gasteiger partial charge is 0.320 e. The zero-order valence-corrected chi connectivity index (χ0v) is 7.50. The summed E-state index contributed by atoms with van der Waals surface area (Å²) in [6, 6.07) is -0.472. The number of nitrogens with two attached hydrogens (primary N) is 1. The van der Waals surface area contributed by atoms with E-state index in [0.29, 0.717) is 0 Å². The van der Waals surface area contributed by atoms with Gasteiger partial charge in [0.05, 0.1) is 13.2 Å². The number of hydroxylamine groups is 2. The summed E-state index contributed by atoms with van der Waals surface area (Å²) in [5.41, 5.74) is 5.57. The lowest BCUT2D eigenvalue weighted by Crippen LogP contribution is -2.44.